The molecule has 0 N–H and O–H groups in total. The summed E-state index contributed by atoms with van der Waals surface area (Å²) in [5.41, 5.74) is 0. The van der Waals surface area contributed by atoms with Gasteiger partial charge >= 0.3 is 0 Å². The Kier molecular flexibility index (Phi) is 2.27. The van der Waals surface area contributed by atoms with Gasteiger partial charge in [0.15, 0.2) is 6.29 Å². The third-order valence-corrected chi connectivity index (χ3v) is 1.11. The van der Waals surface area contributed by atoms with Crippen LogP contribution in [0.1, 0.15) is 12.8 Å². The van der Waals surface area contributed by atoms with Gasteiger partial charge < -0.3 is 4.74 Å². The molecule has 0 saturated carbocycles. The molecule has 0 radical (unpaired) electrons. The van der Waals surface area contributed by atoms with Gasteiger partial charge in [-0.1, -0.05) is 0 Å². The Bertz CT molecular complexity index is 58.7. The Morgan fingerprint density at radius 3 is 2.88 bits per heavy atom. The Hall–Kier alpha value is -0.120. The van der Waals surface area contributed by atoms with Gasteiger partial charge in [0.25, 0.3) is 0 Å². The van der Waals surface area contributed by atoms with Crippen LogP contribution in [0.2, 0.25) is 0 Å². The van der Waals surface area contributed by atoms with Crippen molar-refractivity contribution in [2.24, 2.45) is 0 Å². The monoisotopic (exact) mass is 118 g/mol. The van der Waals surface area contributed by atoms with Crippen LogP contribution in [0.5, 0.6) is 0 Å². The smallest absolute Gasteiger partial charge is 0.190 e. The summed E-state index contributed by atoms with van der Waals surface area (Å²) in [5, 5.41) is 0. The highest BCUT2D eigenvalue weighted by Crippen LogP contribution is 2.09. The van der Waals surface area contributed by atoms with Gasteiger partial charge in [-0.3, -0.25) is 0 Å². The van der Waals surface area contributed by atoms with Crippen molar-refractivity contribution in [1.29, 1.82) is 0 Å². The van der Waals surface area contributed by atoms with Crippen molar-refractivity contribution >= 4 is 0 Å². The molecule has 1 atom stereocenters. The Morgan fingerprint density at radius 2 is 2.50 bits per heavy atom. The average molecular weight is 118 g/mol. The fourth-order valence-corrected chi connectivity index (χ4v) is 0.638. The van der Waals surface area contributed by atoms with E-state index in [1.807, 2.05) is 0 Å². The van der Waals surface area contributed by atoms with Gasteiger partial charge in [-0.25, -0.2) is 9.78 Å². The van der Waals surface area contributed by atoms with Crippen LogP contribution in [0.15, 0.2) is 0 Å². The molecule has 1 heterocycles. The molecule has 1 saturated heterocycles. The van der Waals surface area contributed by atoms with E-state index in [0.29, 0.717) is 6.61 Å². The lowest BCUT2D eigenvalue weighted by atomic mass is 10.3. The summed E-state index contributed by atoms with van der Waals surface area (Å²) in [6.45, 7) is 0.694. The molecule has 0 bridgehead atoms. The molecular weight excluding hydrogens is 108 g/mol. The first-order valence-electron chi connectivity index (χ1n) is 2.74. The van der Waals surface area contributed by atoms with Crippen molar-refractivity contribution in [3.8, 4) is 0 Å². The van der Waals surface area contributed by atoms with Gasteiger partial charge in [-0.05, 0) is 6.42 Å². The van der Waals surface area contributed by atoms with Crippen LogP contribution >= 0.6 is 0 Å². The summed E-state index contributed by atoms with van der Waals surface area (Å²) in [4.78, 5) is 9.35. The summed E-state index contributed by atoms with van der Waals surface area (Å²) in [7, 11) is 1.61. The minimum atomic E-state index is -0.135. The topological polar surface area (TPSA) is 27.7 Å². The molecule has 48 valence electrons. The second kappa shape index (κ2) is 3.02. The van der Waals surface area contributed by atoms with Gasteiger partial charge in [0, 0.05) is 13.5 Å². The molecule has 1 aliphatic rings. The second-order valence-corrected chi connectivity index (χ2v) is 1.73. The minimum Gasteiger partial charge on any atom is -0.353 e. The number of hydrogen-bond acceptors (Lipinski definition) is 3. The minimum absolute atomic E-state index is 0.135. The van der Waals surface area contributed by atoms with Crippen molar-refractivity contribution in [3.63, 3.8) is 0 Å². The molecule has 0 aliphatic carbocycles. The maximum atomic E-state index is 4.84. The van der Waals surface area contributed by atoms with Crippen molar-refractivity contribution in [2.75, 3.05) is 13.7 Å². The number of ether oxygens (including phenoxy) is 1. The molecule has 1 aliphatic heterocycles. The van der Waals surface area contributed by atoms with E-state index >= 15 is 0 Å². The lowest BCUT2D eigenvalue weighted by Crippen LogP contribution is -2.21. The predicted molar refractivity (Wildman–Crippen MR) is 27.1 cm³/mol. The molecular formula is C5H10O3. The van der Waals surface area contributed by atoms with Gasteiger partial charge in [0.05, 0.1) is 6.61 Å². The molecule has 1 rings (SSSR count). The van der Waals surface area contributed by atoms with E-state index in [1.54, 1.807) is 7.11 Å². The quantitative estimate of drug-likeness (QED) is 0.474. The predicted octanol–water partition coefficient (Wildman–Crippen LogP) is 0.701. The molecule has 3 nitrogen and oxygen atoms in total. The van der Waals surface area contributed by atoms with E-state index in [-0.39, 0.29) is 6.29 Å². The Balaban J connectivity index is 2.13. The molecule has 0 amide bonds. The van der Waals surface area contributed by atoms with Gasteiger partial charge in [-0.2, -0.15) is 0 Å². The third-order valence-electron chi connectivity index (χ3n) is 1.11. The molecule has 8 heavy (non-hydrogen) atoms. The molecule has 3 heteroatoms. The van der Waals surface area contributed by atoms with Crippen LogP contribution in [-0.2, 0) is 14.5 Å². The zero-order valence-corrected chi connectivity index (χ0v) is 4.92. The lowest BCUT2D eigenvalue weighted by molar-refractivity contribution is -0.394. The van der Waals surface area contributed by atoms with Crippen molar-refractivity contribution in [1.82, 2.24) is 0 Å². The first-order valence-corrected chi connectivity index (χ1v) is 2.74. The maximum Gasteiger partial charge on any atom is 0.190 e. The van der Waals surface area contributed by atoms with E-state index in [2.05, 4.69) is 4.89 Å². The van der Waals surface area contributed by atoms with Crippen LogP contribution < -0.4 is 0 Å². The standard InChI is InChI=1S/C5H10O3/c1-6-5-3-2-4-7-8-5/h5H,2-4H2,1H3. The zero-order chi connectivity index (χ0) is 5.82. The SMILES string of the molecule is COC1CCCOO1. The normalized spacial score (nSPS) is 30.4. The van der Waals surface area contributed by atoms with Crippen molar-refractivity contribution in [3.05, 3.63) is 0 Å². The summed E-state index contributed by atoms with van der Waals surface area (Å²) in [6, 6.07) is 0. The Labute approximate surface area is 48.5 Å². The van der Waals surface area contributed by atoms with Crippen LogP contribution in [0.3, 0.4) is 0 Å². The first kappa shape index (κ1) is 6.01. The summed E-state index contributed by atoms with van der Waals surface area (Å²) >= 11 is 0. The fraction of sp³-hybridized carbons (Fsp3) is 1.00. The average Bonchev–Trinajstić information content (AvgIpc) is 1.90. The van der Waals surface area contributed by atoms with Crippen LogP contribution in [-0.4, -0.2) is 20.0 Å². The molecule has 0 aromatic carbocycles. The van der Waals surface area contributed by atoms with E-state index in [4.69, 9.17) is 9.62 Å². The molecule has 0 aromatic rings. The summed E-state index contributed by atoms with van der Waals surface area (Å²) in [5.74, 6) is 0. The first-order chi connectivity index (χ1) is 3.93. The summed E-state index contributed by atoms with van der Waals surface area (Å²) in [6.07, 6.45) is 1.83. The highest BCUT2D eigenvalue weighted by Gasteiger charge is 2.12. The van der Waals surface area contributed by atoms with Crippen molar-refractivity contribution < 1.29 is 14.5 Å². The second-order valence-electron chi connectivity index (χ2n) is 1.73. The van der Waals surface area contributed by atoms with Crippen LogP contribution in [0.4, 0.5) is 0 Å². The van der Waals surface area contributed by atoms with E-state index in [9.17, 15) is 0 Å². The van der Waals surface area contributed by atoms with Crippen LogP contribution in [0, 0.1) is 0 Å². The lowest BCUT2D eigenvalue weighted by Gasteiger charge is -2.18. The van der Waals surface area contributed by atoms with Gasteiger partial charge in [0.2, 0.25) is 0 Å². The molecule has 0 aromatic heterocycles. The third kappa shape index (κ3) is 1.43. The van der Waals surface area contributed by atoms with E-state index in [0.717, 1.165) is 12.8 Å². The van der Waals surface area contributed by atoms with E-state index in [1.165, 1.54) is 0 Å². The Morgan fingerprint density at radius 1 is 1.62 bits per heavy atom. The number of methoxy groups -OCH3 is 1. The van der Waals surface area contributed by atoms with E-state index < -0.39 is 0 Å². The fourth-order valence-electron chi connectivity index (χ4n) is 0.638. The molecule has 1 fully saturated rings. The van der Waals surface area contributed by atoms with Gasteiger partial charge in [-0.15, -0.1) is 0 Å². The highest BCUT2D eigenvalue weighted by molar-refractivity contribution is 4.45. The van der Waals surface area contributed by atoms with Crippen LogP contribution in [0.25, 0.3) is 0 Å². The maximum absolute atomic E-state index is 4.84. The molecule has 1 unspecified atom stereocenters. The van der Waals surface area contributed by atoms with Crippen molar-refractivity contribution in [2.45, 2.75) is 19.1 Å². The highest BCUT2D eigenvalue weighted by atomic mass is 17.2. The molecule has 0 spiro atoms. The van der Waals surface area contributed by atoms with Gasteiger partial charge in [0.1, 0.15) is 0 Å². The summed E-state index contributed by atoms with van der Waals surface area (Å²) < 4.78 is 4.84. The number of rotatable bonds is 1. The number of hydrogen-bond donors (Lipinski definition) is 0. The zero-order valence-electron chi connectivity index (χ0n) is 4.92. The largest absolute Gasteiger partial charge is 0.353 e.